The van der Waals surface area contributed by atoms with Crippen LogP contribution in [0, 0.1) is 0 Å². The minimum absolute atomic E-state index is 0.271. The van der Waals surface area contributed by atoms with Gasteiger partial charge in [0.1, 0.15) is 0 Å². The fourth-order valence-corrected chi connectivity index (χ4v) is 0.738. The molecular weight excluding hydrogens is 188 g/mol. The predicted molar refractivity (Wildman–Crippen MR) is 48.5 cm³/mol. The number of hydrogen-bond donors (Lipinski definition) is 1. The highest BCUT2D eigenvalue weighted by Crippen LogP contribution is 1.98. The number of hydrogen-bond acceptors (Lipinski definition) is 5. The van der Waals surface area contributed by atoms with E-state index in [0.29, 0.717) is 0 Å². The Labute approximate surface area is 83.0 Å². The summed E-state index contributed by atoms with van der Waals surface area (Å²) in [6.07, 6.45) is -0.127. The average molecular weight is 204 g/mol. The summed E-state index contributed by atoms with van der Waals surface area (Å²) in [5, 5.41) is 9.14. The number of unbranched alkanes of at least 4 members (excludes halogenated alkanes) is 1. The highest BCUT2D eigenvalue weighted by Gasteiger charge is 2.20. The number of carbonyl (C=O) groups is 2. The maximum absolute atomic E-state index is 11.0. The molecule has 82 valence electrons. The van der Waals surface area contributed by atoms with Crippen LogP contribution in [0.3, 0.4) is 0 Å². The Balaban J connectivity index is 3.70. The molecule has 0 aliphatic carbocycles. The Bertz CT molecular complexity index is 190. The maximum atomic E-state index is 11.0. The van der Waals surface area contributed by atoms with E-state index in [4.69, 9.17) is 9.84 Å². The average Bonchev–Trinajstić information content (AvgIpc) is 2.17. The Morgan fingerprint density at radius 3 is 2.57 bits per heavy atom. The second-order valence-electron chi connectivity index (χ2n) is 2.82. The van der Waals surface area contributed by atoms with Gasteiger partial charge in [0.05, 0.1) is 20.1 Å². The predicted octanol–water partition coefficient (Wildman–Crippen LogP) is 0.254. The van der Waals surface area contributed by atoms with E-state index in [2.05, 4.69) is 4.74 Å². The zero-order valence-electron chi connectivity index (χ0n) is 8.49. The monoisotopic (exact) mass is 204 g/mol. The lowest BCUT2D eigenvalue weighted by Crippen LogP contribution is -2.26. The molecule has 0 saturated carbocycles. The van der Waals surface area contributed by atoms with Crippen LogP contribution < -0.4 is 0 Å². The zero-order chi connectivity index (χ0) is 11.0. The van der Waals surface area contributed by atoms with Crippen molar-refractivity contribution in [3.8, 4) is 0 Å². The molecule has 0 bridgehead atoms. The third-order valence-electron chi connectivity index (χ3n) is 1.60. The first-order valence-corrected chi connectivity index (χ1v) is 4.53. The van der Waals surface area contributed by atoms with Gasteiger partial charge in [-0.15, -0.1) is 0 Å². The van der Waals surface area contributed by atoms with Crippen molar-refractivity contribution >= 4 is 11.9 Å². The standard InChI is InChI=1S/C9H16O5/c1-3-4-5-14-9(12)7(10)6-8(11)13-2/h7,10H,3-6H2,1-2H3. The summed E-state index contributed by atoms with van der Waals surface area (Å²) in [7, 11) is 1.19. The summed E-state index contributed by atoms with van der Waals surface area (Å²) < 4.78 is 8.98. The van der Waals surface area contributed by atoms with Crippen molar-refractivity contribution in [2.24, 2.45) is 0 Å². The smallest absolute Gasteiger partial charge is 0.335 e. The molecule has 0 spiro atoms. The van der Waals surface area contributed by atoms with Gasteiger partial charge in [-0.2, -0.15) is 0 Å². The van der Waals surface area contributed by atoms with Crippen LogP contribution in [-0.4, -0.2) is 36.9 Å². The van der Waals surface area contributed by atoms with Gasteiger partial charge in [-0.1, -0.05) is 13.3 Å². The first-order valence-electron chi connectivity index (χ1n) is 4.53. The van der Waals surface area contributed by atoms with Crippen LogP contribution >= 0.6 is 0 Å². The summed E-state index contributed by atoms with van der Waals surface area (Å²) in [5.41, 5.74) is 0. The van der Waals surface area contributed by atoms with Crippen molar-refractivity contribution in [2.75, 3.05) is 13.7 Å². The Hall–Kier alpha value is -1.10. The van der Waals surface area contributed by atoms with Gasteiger partial charge >= 0.3 is 11.9 Å². The molecule has 5 heteroatoms. The van der Waals surface area contributed by atoms with Crippen LogP contribution in [-0.2, 0) is 19.1 Å². The van der Waals surface area contributed by atoms with Gasteiger partial charge in [-0.25, -0.2) is 4.79 Å². The Morgan fingerprint density at radius 2 is 2.07 bits per heavy atom. The summed E-state index contributed by atoms with van der Waals surface area (Å²) in [5.74, 6) is -1.41. The molecule has 14 heavy (non-hydrogen) atoms. The summed E-state index contributed by atoms with van der Waals surface area (Å²) in [6.45, 7) is 2.23. The van der Waals surface area contributed by atoms with E-state index in [1.54, 1.807) is 0 Å². The van der Waals surface area contributed by atoms with Gasteiger partial charge in [0, 0.05) is 0 Å². The van der Waals surface area contributed by atoms with Crippen LogP contribution in [0.25, 0.3) is 0 Å². The molecule has 0 fully saturated rings. The van der Waals surface area contributed by atoms with Gasteiger partial charge < -0.3 is 14.6 Å². The number of rotatable bonds is 6. The molecule has 0 aliphatic heterocycles. The van der Waals surface area contributed by atoms with Crippen LogP contribution in [0.5, 0.6) is 0 Å². The van der Waals surface area contributed by atoms with E-state index in [1.165, 1.54) is 7.11 Å². The molecule has 0 saturated heterocycles. The summed E-state index contributed by atoms with van der Waals surface area (Å²) in [4.78, 5) is 21.7. The first-order chi connectivity index (χ1) is 6.61. The van der Waals surface area contributed by atoms with E-state index in [9.17, 15) is 9.59 Å². The molecule has 1 N–H and O–H groups in total. The lowest BCUT2D eigenvalue weighted by Gasteiger charge is -2.08. The normalized spacial score (nSPS) is 11.9. The molecule has 0 aromatic carbocycles. The number of methoxy groups -OCH3 is 1. The van der Waals surface area contributed by atoms with Crippen LogP contribution in [0.2, 0.25) is 0 Å². The highest BCUT2D eigenvalue weighted by atomic mass is 16.5. The minimum Gasteiger partial charge on any atom is -0.469 e. The van der Waals surface area contributed by atoms with E-state index >= 15 is 0 Å². The molecule has 0 amide bonds. The van der Waals surface area contributed by atoms with Crippen molar-refractivity contribution in [3.05, 3.63) is 0 Å². The van der Waals surface area contributed by atoms with Crippen LogP contribution in [0.4, 0.5) is 0 Å². The molecule has 0 radical (unpaired) electrons. The SMILES string of the molecule is CCCCOC(=O)C(O)CC(=O)OC. The molecule has 1 atom stereocenters. The number of ether oxygens (including phenoxy) is 2. The number of aliphatic hydroxyl groups excluding tert-OH is 1. The van der Waals surface area contributed by atoms with E-state index in [-0.39, 0.29) is 13.0 Å². The zero-order valence-corrected chi connectivity index (χ0v) is 8.49. The molecule has 5 nitrogen and oxygen atoms in total. The van der Waals surface area contributed by atoms with Gasteiger partial charge in [0.2, 0.25) is 0 Å². The Kier molecular flexibility index (Phi) is 6.74. The number of aliphatic hydroxyl groups is 1. The second kappa shape index (κ2) is 7.32. The summed E-state index contributed by atoms with van der Waals surface area (Å²) in [6, 6.07) is 0. The number of esters is 2. The second-order valence-corrected chi connectivity index (χ2v) is 2.82. The molecule has 0 rings (SSSR count). The quantitative estimate of drug-likeness (QED) is 0.496. The molecule has 0 aromatic heterocycles. The lowest BCUT2D eigenvalue weighted by molar-refractivity contribution is -0.159. The molecule has 0 aromatic rings. The molecular formula is C9H16O5. The van der Waals surface area contributed by atoms with E-state index in [0.717, 1.165) is 12.8 Å². The molecule has 0 aliphatic rings. The van der Waals surface area contributed by atoms with Crippen molar-refractivity contribution in [1.82, 2.24) is 0 Å². The molecule has 1 unspecified atom stereocenters. The molecule has 0 heterocycles. The Morgan fingerprint density at radius 1 is 1.43 bits per heavy atom. The fraction of sp³-hybridized carbons (Fsp3) is 0.778. The van der Waals surface area contributed by atoms with Gasteiger partial charge in [-0.05, 0) is 6.42 Å². The van der Waals surface area contributed by atoms with Crippen molar-refractivity contribution in [3.63, 3.8) is 0 Å². The van der Waals surface area contributed by atoms with Crippen molar-refractivity contribution in [2.45, 2.75) is 32.3 Å². The number of carbonyl (C=O) groups excluding carboxylic acids is 2. The highest BCUT2D eigenvalue weighted by molar-refractivity contribution is 5.81. The van der Waals surface area contributed by atoms with Crippen molar-refractivity contribution in [1.29, 1.82) is 0 Å². The largest absolute Gasteiger partial charge is 0.469 e. The van der Waals surface area contributed by atoms with Crippen LogP contribution in [0.15, 0.2) is 0 Å². The van der Waals surface area contributed by atoms with Crippen LogP contribution in [0.1, 0.15) is 26.2 Å². The third kappa shape index (κ3) is 5.53. The third-order valence-corrected chi connectivity index (χ3v) is 1.60. The van der Waals surface area contributed by atoms with Crippen molar-refractivity contribution < 1.29 is 24.2 Å². The topological polar surface area (TPSA) is 72.8 Å². The van der Waals surface area contributed by atoms with E-state index < -0.39 is 18.0 Å². The van der Waals surface area contributed by atoms with E-state index in [1.807, 2.05) is 6.92 Å². The van der Waals surface area contributed by atoms with Gasteiger partial charge in [0.25, 0.3) is 0 Å². The first kappa shape index (κ1) is 12.9. The van der Waals surface area contributed by atoms with Gasteiger partial charge in [0.15, 0.2) is 6.10 Å². The minimum atomic E-state index is -1.42. The lowest BCUT2D eigenvalue weighted by atomic mass is 10.2. The summed E-state index contributed by atoms with van der Waals surface area (Å²) >= 11 is 0. The maximum Gasteiger partial charge on any atom is 0.335 e. The van der Waals surface area contributed by atoms with Gasteiger partial charge in [-0.3, -0.25) is 4.79 Å². The fourth-order valence-electron chi connectivity index (χ4n) is 0.738.